The maximum atomic E-state index is 12.4. The summed E-state index contributed by atoms with van der Waals surface area (Å²) in [5, 5.41) is 2.87. The van der Waals surface area contributed by atoms with Crippen molar-refractivity contribution in [2.75, 3.05) is 0 Å². The molecule has 0 aliphatic rings. The third-order valence-corrected chi connectivity index (χ3v) is 4.02. The summed E-state index contributed by atoms with van der Waals surface area (Å²) in [5.41, 5.74) is 4.07. The van der Waals surface area contributed by atoms with E-state index in [1.807, 2.05) is 53.9 Å². The molecule has 7 heteroatoms. The lowest BCUT2D eigenvalue weighted by Gasteiger charge is -2.04. The number of imidazole rings is 2. The molecule has 0 fully saturated rings. The zero-order valence-electron chi connectivity index (χ0n) is 13.0. The molecule has 0 spiro atoms. The molecule has 0 unspecified atom stereocenters. The van der Waals surface area contributed by atoms with E-state index in [1.165, 1.54) is 0 Å². The highest BCUT2D eigenvalue weighted by Crippen LogP contribution is 2.13. The fourth-order valence-corrected chi connectivity index (χ4v) is 2.79. The van der Waals surface area contributed by atoms with Crippen LogP contribution < -0.4 is 11.0 Å². The molecule has 0 saturated heterocycles. The molecular formula is C17H15N5O2. The minimum atomic E-state index is -0.244. The third-order valence-electron chi connectivity index (χ3n) is 4.02. The summed E-state index contributed by atoms with van der Waals surface area (Å²) < 4.78 is 1.88. The second-order valence-corrected chi connectivity index (χ2v) is 5.62. The molecule has 120 valence electrons. The Labute approximate surface area is 136 Å². The lowest BCUT2D eigenvalue weighted by atomic mass is 10.2. The predicted octanol–water partition coefficient (Wildman–Crippen LogP) is 1.74. The minimum absolute atomic E-state index is 0.223. The molecule has 0 saturated carbocycles. The highest BCUT2D eigenvalue weighted by atomic mass is 16.2. The van der Waals surface area contributed by atoms with Crippen LogP contribution in [0, 0.1) is 6.92 Å². The van der Waals surface area contributed by atoms with Gasteiger partial charge in [-0.05, 0) is 36.8 Å². The van der Waals surface area contributed by atoms with Gasteiger partial charge in [-0.2, -0.15) is 0 Å². The average Bonchev–Trinajstić information content (AvgIpc) is 3.12. The molecule has 0 bridgehead atoms. The van der Waals surface area contributed by atoms with Gasteiger partial charge >= 0.3 is 5.69 Å². The van der Waals surface area contributed by atoms with Crippen LogP contribution in [0.5, 0.6) is 0 Å². The van der Waals surface area contributed by atoms with E-state index in [0.717, 1.165) is 27.9 Å². The number of rotatable bonds is 3. The van der Waals surface area contributed by atoms with Gasteiger partial charge in [0.25, 0.3) is 5.91 Å². The molecule has 3 heterocycles. The monoisotopic (exact) mass is 321 g/mol. The molecular weight excluding hydrogens is 306 g/mol. The smallest absolute Gasteiger partial charge is 0.323 e. The van der Waals surface area contributed by atoms with E-state index < -0.39 is 0 Å². The normalized spacial score (nSPS) is 11.2. The molecule has 7 nitrogen and oxygen atoms in total. The number of aromatic nitrogens is 4. The Hall–Kier alpha value is -3.35. The minimum Gasteiger partial charge on any atom is -0.347 e. The zero-order chi connectivity index (χ0) is 16.7. The van der Waals surface area contributed by atoms with Crippen LogP contribution in [0.25, 0.3) is 16.7 Å². The van der Waals surface area contributed by atoms with E-state index >= 15 is 0 Å². The number of nitrogens with zero attached hydrogens (tertiary/aromatic N) is 2. The summed E-state index contributed by atoms with van der Waals surface area (Å²) in [4.78, 5) is 33.5. The highest BCUT2D eigenvalue weighted by Gasteiger charge is 2.15. The number of carbonyl (C=O) groups excluding carboxylic acids is 1. The third kappa shape index (κ3) is 2.36. The number of aromatic amines is 2. The largest absolute Gasteiger partial charge is 0.347 e. The first-order chi connectivity index (χ1) is 11.6. The van der Waals surface area contributed by atoms with Gasteiger partial charge in [0.05, 0.1) is 16.7 Å². The number of amides is 1. The van der Waals surface area contributed by atoms with Crippen molar-refractivity contribution in [2.45, 2.75) is 13.5 Å². The Kier molecular flexibility index (Phi) is 3.19. The van der Waals surface area contributed by atoms with Crippen molar-refractivity contribution in [2.24, 2.45) is 0 Å². The predicted molar refractivity (Wildman–Crippen MR) is 90.0 cm³/mol. The van der Waals surface area contributed by atoms with Gasteiger partial charge in [0.1, 0.15) is 11.3 Å². The van der Waals surface area contributed by atoms with Crippen molar-refractivity contribution in [1.29, 1.82) is 0 Å². The first-order valence-electron chi connectivity index (χ1n) is 7.54. The summed E-state index contributed by atoms with van der Waals surface area (Å²) >= 11 is 0. The van der Waals surface area contributed by atoms with Crippen LogP contribution >= 0.6 is 0 Å². The van der Waals surface area contributed by atoms with Crippen LogP contribution in [0.1, 0.15) is 21.7 Å². The first-order valence-corrected chi connectivity index (χ1v) is 7.54. The summed E-state index contributed by atoms with van der Waals surface area (Å²) in [6.07, 6.45) is 1.88. The summed E-state index contributed by atoms with van der Waals surface area (Å²) in [6.45, 7) is 2.22. The van der Waals surface area contributed by atoms with Crippen LogP contribution in [0.2, 0.25) is 0 Å². The number of nitrogens with one attached hydrogen (secondary N) is 3. The molecule has 0 aliphatic carbocycles. The van der Waals surface area contributed by atoms with Gasteiger partial charge < -0.3 is 19.7 Å². The number of hydrogen-bond acceptors (Lipinski definition) is 3. The number of benzene rings is 1. The lowest BCUT2D eigenvalue weighted by molar-refractivity contribution is 0.0946. The van der Waals surface area contributed by atoms with E-state index in [1.54, 1.807) is 0 Å². The Bertz CT molecular complexity index is 1120. The molecule has 4 rings (SSSR count). The Morgan fingerprint density at radius 3 is 2.88 bits per heavy atom. The highest BCUT2D eigenvalue weighted by molar-refractivity contribution is 5.94. The van der Waals surface area contributed by atoms with Gasteiger partial charge in [0.2, 0.25) is 0 Å². The second-order valence-electron chi connectivity index (χ2n) is 5.62. The second kappa shape index (κ2) is 5.38. The van der Waals surface area contributed by atoms with E-state index in [9.17, 15) is 9.59 Å². The van der Waals surface area contributed by atoms with Crippen molar-refractivity contribution < 1.29 is 4.79 Å². The molecule has 0 radical (unpaired) electrons. The van der Waals surface area contributed by atoms with E-state index in [4.69, 9.17) is 0 Å². The van der Waals surface area contributed by atoms with Crippen LogP contribution in [-0.2, 0) is 6.54 Å². The number of aryl methyl sites for hydroxylation is 1. The maximum Gasteiger partial charge on any atom is 0.323 e. The Morgan fingerprint density at radius 2 is 2.04 bits per heavy atom. The molecule has 1 aromatic carbocycles. The number of H-pyrrole nitrogens is 2. The molecule has 3 aromatic heterocycles. The fraction of sp³-hybridized carbons (Fsp3) is 0.118. The number of hydrogen-bond donors (Lipinski definition) is 3. The van der Waals surface area contributed by atoms with Crippen molar-refractivity contribution in [3.8, 4) is 0 Å². The van der Waals surface area contributed by atoms with Gasteiger partial charge in [0.15, 0.2) is 0 Å². The lowest BCUT2D eigenvalue weighted by Crippen LogP contribution is -2.24. The summed E-state index contributed by atoms with van der Waals surface area (Å²) in [5.74, 6) is -0.223. The molecule has 24 heavy (non-hydrogen) atoms. The SMILES string of the molecule is Cc1c(C(=O)NCc2ccc3[nH]c(=O)[nH]c3c2)nc2ccccn12. The maximum absolute atomic E-state index is 12.4. The van der Waals surface area contributed by atoms with Crippen LogP contribution in [0.4, 0.5) is 0 Å². The summed E-state index contributed by atoms with van der Waals surface area (Å²) in [6, 6.07) is 11.2. The Balaban J connectivity index is 1.56. The van der Waals surface area contributed by atoms with Crippen molar-refractivity contribution in [3.05, 3.63) is 70.0 Å². The standard InChI is InChI=1S/C17H15N5O2/c1-10-15(21-14-4-2-3-7-22(10)14)16(23)18-9-11-5-6-12-13(8-11)20-17(24)19-12/h2-8H,9H2,1H3,(H,18,23)(H2,19,20,24). The Morgan fingerprint density at radius 1 is 1.21 bits per heavy atom. The average molecular weight is 321 g/mol. The van der Waals surface area contributed by atoms with Gasteiger partial charge in [0, 0.05) is 12.7 Å². The molecule has 4 aromatic rings. The van der Waals surface area contributed by atoms with Gasteiger partial charge in [-0.15, -0.1) is 0 Å². The number of pyridine rings is 1. The van der Waals surface area contributed by atoms with E-state index in [2.05, 4.69) is 20.3 Å². The van der Waals surface area contributed by atoms with Crippen LogP contribution in [0.3, 0.4) is 0 Å². The molecule has 0 atom stereocenters. The quantitative estimate of drug-likeness (QED) is 0.536. The number of carbonyl (C=O) groups is 1. The van der Waals surface area contributed by atoms with Crippen molar-refractivity contribution in [3.63, 3.8) is 0 Å². The van der Waals surface area contributed by atoms with Gasteiger partial charge in [-0.3, -0.25) is 4.79 Å². The first kappa shape index (κ1) is 14.3. The van der Waals surface area contributed by atoms with Crippen LogP contribution in [0.15, 0.2) is 47.4 Å². The zero-order valence-corrected chi connectivity index (χ0v) is 13.0. The topological polar surface area (TPSA) is 95.0 Å². The van der Waals surface area contributed by atoms with Crippen LogP contribution in [-0.4, -0.2) is 25.3 Å². The van der Waals surface area contributed by atoms with Gasteiger partial charge in [-0.1, -0.05) is 12.1 Å². The van der Waals surface area contributed by atoms with E-state index in [-0.39, 0.29) is 11.6 Å². The van der Waals surface area contributed by atoms with E-state index in [0.29, 0.717) is 12.2 Å². The van der Waals surface area contributed by atoms with Crippen molar-refractivity contribution >= 4 is 22.6 Å². The molecule has 1 amide bonds. The van der Waals surface area contributed by atoms with Gasteiger partial charge in [-0.25, -0.2) is 9.78 Å². The molecule has 0 aliphatic heterocycles. The fourth-order valence-electron chi connectivity index (χ4n) is 2.79. The molecule has 3 N–H and O–H groups in total. The number of fused-ring (bicyclic) bond motifs is 2. The summed E-state index contributed by atoms with van der Waals surface area (Å²) in [7, 11) is 0. The van der Waals surface area contributed by atoms with Crippen molar-refractivity contribution in [1.82, 2.24) is 24.7 Å².